The highest BCUT2D eigenvalue weighted by molar-refractivity contribution is 5.79. The lowest BCUT2D eigenvalue weighted by atomic mass is 9.96. The lowest BCUT2D eigenvalue weighted by Gasteiger charge is -2.39. The molecule has 1 N–H and O–H groups in total. The summed E-state index contributed by atoms with van der Waals surface area (Å²) in [5, 5.41) is 8.71. The molecule has 20 heavy (non-hydrogen) atoms. The fourth-order valence-electron chi connectivity index (χ4n) is 2.59. The molecule has 0 saturated carbocycles. The second-order valence-electron chi connectivity index (χ2n) is 5.35. The Morgan fingerprint density at radius 3 is 2.60 bits per heavy atom. The Morgan fingerprint density at radius 1 is 1.35 bits per heavy atom. The van der Waals surface area contributed by atoms with Crippen molar-refractivity contribution in [2.75, 3.05) is 45.8 Å². The number of alkyl halides is 2. The normalized spacial score (nSPS) is 21.4. The van der Waals surface area contributed by atoms with Gasteiger partial charge in [-0.2, -0.15) is 0 Å². The highest BCUT2D eigenvalue weighted by atomic mass is 19.3. The van der Waals surface area contributed by atoms with Gasteiger partial charge in [0.05, 0.1) is 13.1 Å². The van der Waals surface area contributed by atoms with E-state index >= 15 is 0 Å². The van der Waals surface area contributed by atoms with E-state index in [2.05, 4.69) is 0 Å². The molecule has 0 bridgehead atoms. The van der Waals surface area contributed by atoms with Crippen LogP contribution in [0.2, 0.25) is 0 Å². The molecule has 2 aliphatic rings. The van der Waals surface area contributed by atoms with Crippen molar-refractivity contribution in [2.45, 2.75) is 12.8 Å². The summed E-state index contributed by atoms with van der Waals surface area (Å²) in [6, 6.07) is 0. The van der Waals surface area contributed by atoms with Crippen molar-refractivity contribution in [2.24, 2.45) is 5.92 Å². The molecule has 6 nitrogen and oxygen atoms in total. The van der Waals surface area contributed by atoms with E-state index in [1.807, 2.05) is 0 Å². The second kappa shape index (κ2) is 6.34. The van der Waals surface area contributed by atoms with Gasteiger partial charge in [-0.3, -0.25) is 9.69 Å². The zero-order chi connectivity index (χ0) is 14.7. The average molecular weight is 291 g/mol. The summed E-state index contributed by atoms with van der Waals surface area (Å²) in [5.41, 5.74) is 0. The molecule has 0 atom stereocenters. The van der Waals surface area contributed by atoms with Crippen molar-refractivity contribution < 1.29 is 23.5 Å². The zero-order valence-corrected chi connectivity index (χ0v) is 11.2. The van der Waals surface area contributed by atoms with Crippen molar-refractivity contribution in [1.82, 2.24) is 14.7 Å². The Morgan fingerprint density at radius 2 is 2.05 bits per heavy atom. The second-order valence-corrected chi connectivity index (χ2v) is 5.35. The number of hydrogen-bond donors (Lipinski definition) is 1. The van der Waals surface area contributed by atoms with Crippen molar-refractivity contribution >= 4 is 12.0 Å². The number of hydrogen-bond acceptors (Lipinski definition) is 3. The summed E-state index contributed by atoms with van der Waals surface area (Å²) >= 11 is 0. The van der Waals surface area contributed by atoms with Crippen molar-refractivity contribution in [1.29, 1.82) is 0 Å². The first-order valence-electron chi connectivity index (χ1n) is 6.72. The minimum Gasteiger partial charge on any atom is -0.465 e. The highest BCUT2D eigenvalue weighted by Gasteiger charge is 2.32. The van der Waals surface area contributed by atoms with Crippen LogP contribution in [0, 0.1) is 5.92 Å². The molecule has 0 aromatic rings. The topological polar surface area (TPSA) is 64.1 Å². The predicted molar refractivity (Wildman–Crippen MR) is 66.7 cm³/mol. The van der Waals surface area contributed by atoms with Crippen LogP contribution >= 0.6 is 0 Å². The van der Waals surface area contributed by atoms with E-state index < -0.39 is 12.5 Å². The standard InChI is InChI=1S/C12H19F2N3O3/c13-10(14)7-15-3-4-16(11(18)8-15)2-1-9-5-17(6-9)12(19)20/h9-10H,1-8H2,(H,19,20). The summed E-state index contributed by atoms with van der Waals surface area (Å²) in [6.07, 6.45) is -2.55. The van der Waals surface area contributed by atoms with Crippen LogP contribution in [-0.2, 0) is 4.79 Å². The van der Waals surface area contributed by atoms with E-state index in [1.54, 1.807) is 4.90 Å². The van der Waals surface area contributed by atoms with E-state index in [9.17, 15) is 18.4 Å². The minimum absolute atomic E-state index is 0.0518. The molecule has 0 spiro atoms. The SMILES string of the molecule is O=C(O)N1CC(CCN2CCN(CC(F)F)CC2=O)C1. The zero-order valence-electron chi connectivity index (χ0n) is 11.2. The molecule has 2 saturated heterocycles. The summed E-state index contributed by atoms with van der Waals surface area (Å²) in [4.78, 5) is 26.9. The summed E-state index contributed by atoms with van der Waals surface area (Å²) in [7, 11) is 0. The molecule has 0 radical (unpaired) electrons. The van der Waals surface area contributed by atoms with Crippen LogP contribution in [0.5, 0.6) is 0 Å². The quantitative estimate of drug-likeness (QED) is 0.796. The molecule has 8 heteroatoms. The van der Waals surface area contributed by atoms with Crippen LogP contribution in [0.1, 0.15) is 6.42 Å². The number of carbonyl (C=O) groups excluding carboxylic acids is 1. The Hall–Kier alpha value is -1.44. The lowest BCUT2D eigenvalue weighted by molar-refractivity contribution is -0.137. The van der Waals surface area contributed by atoms with Gasteiger partial charge in [0.15, 0.2) is 0 Å². The van der Waals surface area contributed by atoms with Gasteiger partial charge in [0.25, 0.3) is 6.43 Å². The predicted octanol–water partition coefficient (Wildman–Crippen LogP) is 0.396. The van der Waals surface area contributed by atoms with Gasteiger partial charge in [-0.25, -0.2) is 13.6 Å². The van der Waals surface area contributed by atoms with Crippen LogP contribution in [-0.4, -0.2) is 84.0 Å². The molecule has 2 heterocycles. The molecule has 2 rings (SSSR count). The number of nitrogens with zero attached hydrogens (tertiary/aromatic N) is 3. The third kappa shape index (κ3) is 3.78. The first kappa shape index (κ1) is 15.0. The molecular formula is C12H19F2N3O3. The van der Waals surface area contributed by atoms with Gasteiger partial charge >= 0.3 is 6.09 Å². The van der Waals surface area contributed by atoms with Crippen LogP contribution in [0.4, 0.5) is 13.6 Å². The number of amides is 2. The Bertz CT molecular complexity index is 375. The third-order valence-corrected chi connectivity index (χ3v) is 3.83. The number of carbonyl (C=O) groups is 2. The molecule has 0 aliphatic carbocycles. The van der Waals surface area contributed by atoms with Gasteiger partial charge in [-0.05, 0) is 12.3 Å². The number of halogens is 2. The molecule has 2 fully saturated rings. The summed E-state index contributed by atoms with van der Waals surface area (Å²) in [6.45, 7) is 2.28. The van der Waals surface area contributed by atoms with E-state index in [4.69, 9.17) is 5.11 Å². The maximum atomic E-state index is 12.2. The Kier molecular flexibility index (Phi) is 4.74. The van der Waals surface area contributed by atoms with Gasteiger partial charge in [-0.1, -0.05) is 0 Å². The Labute approximate surface area is 115 Å². The third-order valence-electron chi connectivity index (χ3n) is 3.83. The van der Waals surface area contributed by atoms with Gasteiger partial charge in [-0.15, -0.1) is 0 Å². The Balaban J connectivity index is 1.66. The maximum Gasteiger partial charge on any atom is 0.407 e. The number of rotatable bonds is 5. The first-order chi connectivity index (χ1) is 9.45. The first-order valence-corrected chi connectivity index (χ1v) is 6.72. The monoisotopic (exact) mass is 291 g/mol. The van der Waals surface area contributed by atoms with E-state index in [0.717, 1.165) is 6.42 Å². The number of piperazine rings is 1. The molecular weight excluding hydrogens is 272 g/mol. The van der Waals surface area contributed by atoms with Crippen LogP contribution in [0.25, 0.3) is 0 Å². The molecule has 2 aliphatic heterocycles. The van der Waals surface area contributed by atoms with Gasteiger partial charge in [0, 0.05) is 32.7 Å². The van der Waals surface area contributed by atoms with E-state index in [0.29, 0.717) is 38.6 Å². The fourth-order valence-corrected chi connectivity index (χ4v) is 2.59. The maximum absolute atomic E-state index is 12.2. The summed E-state index contributed by atoms with van der Waals surface area (Å²) < 4.78 is 24.5. The van der Waals surface area contributed by atoms with Crippen LogP contribution in [0.15, 0.2) is 0 Å². The van der Waals surface area contributed by atoms with Gasteiger partial charge in [0.2, 0.25) is 5.91 Å². The van der Waals surface area contributed by atoms with Crippen LogP contribution in [0.3, 0.4) is 0 Å². The summed E-state index contributed by atoms with van der Waals surface area (Å²) in [5.74, 6) is 0.185. The fraction of sp³-hybridized carbons (Fsp3) is 0.833. The van der Waals surface area contributed by atoms with Crippen molar-refractivity contribution in [3.8, 4) is 0 Å². The number of carboxylic acid groups (broad SMARTS) is 1. The highest BCUT2D eigenvalue weighted by Crippen LogP contribution is 2.19. The molecule has 2 amide bonds. The smallest absolute Gasteiger partial charge is 0.407 e. The molecule has 0 unspecified atom stereocenters. The largest absolute Gasteiger partial charge is 0.465 e. The van der Waals surface area contributed by atoms with E-state index in [-0.39, 0.29) is 19.0 Å². The van der Waals surface area contributed by atoms with Crippen molar-refractivity contribution in [3.05, 3.63) is 0 Å². The van der Waals surface area contributed by atoms with Crippen molar-refractivity contribution in [3.63, 3.8) is 0 Å². The molecule has 0 aromatic carbocycles. The average Bonchev–Trinajstić information content (AvgIpc) is 2.28. The van der Waals surface area contributed by atoms with Gasteiger partial charge in [0.1, 0.15) is 0 Å². The van der Waals surface area contributed by atoms with E-state index in [1.165, 1.54) is 9.80 Å². The lowest BCUT2D eigenvalue weighted by Crippen LogP contribution is -2.53. The molecule has 0 aromatic heterocycles. The number of likely N-dealkylation sites (tertiary alicyclic amines) is 1. The van der Waals surface area contributed by atoms with Crippen LogP contribution < -0.4 is 0 Å². The van der Waals surface area contributed by atoms with Gasteiger partial charge < -0.3 is 14.9 Å². The minimum atomic E-state index is -2.41. The molecule has 114 valence electrons.